The number of hydrogen-bond acceptors (Lipinski definition) is 2. The molecule has 0 spiro atoms. The van der Waals surface area contributed by atoms with Crippen LogP contribution >= 0.6 is 46.4 Å². The minimum Gasteiger partial charge on any atom is -0.478 e. The van der Waals surface area contributed by atoms with Crippen molar-refractivity contribution in [2.24, 2.45) is 0 Å². The molecule has 0 aromatic heterocycles. The molecule has 1 N–H and O–H groups in total. The van der Waals surface area contributed by atoms with Gasteiger partial charge in [0.15, 0.2) is 0 Å². The summed E-state index contributed by atoms with van der Waals surface area (Å²) < 4.78 is 2.43. The zero-order valence-corrected chi connectivity index (χ0v) is 26.8. The molecule has 0 radical (unpaired) electrons. The van der Waals surface area contributed by atoms with Gasteiger partial charge in [-0.3, -0.25) is 0 Å². The number of carboxylic acids is 1. The van der Waals surface area contributed by atoms with Crippen molar-refractivity contribution in [3.05, 3.63) is 93.9 Å². The van der Waals surface area contributed by atoms with Gasteiger partial charge in [0.25, 0.3) is 0 Å². The molecule has 0 atom stereocenters. The van der Waals surface area contributed by atoms with E-state index in [-0.39, 0.29) is 31.1 Å². The maximum Gasteiger partial charge on any atom is 0.337 e. The molecule has 8 heteroatoms. The highest BCUT2D eigenvalue weighted by atomic mass is 35.5. The fourth-order valence-corrected chi connectivity index (χ4v) is 8.18. The van der Waals surface area contributed by atoms with Gasteiger partial charge in [-0.05, 0) is 84.4 Å². The average Bonchev–Trinajstić information content (AvgIpc) is 2.96. The molecule has 2 aliphatic heterocycles. The molecule has 0 saturated carbocycles. The Morgan fingerprint density at radius 3 is 2.32 bits per heavy atom. The minimum absolute atomic E-state index is 0.0512. The second-order valence-electron chi connectivity index (χ2n) is 11.7. The lowest BCUT2D eigenvalue weighted by Crippen LogP contribution is -2.43. The van der Waals surface area contributed by atoms with Crippen molar-refractivity contribution in [1.82, 2.24) is 4.58 Å². The number of carboxylic acid groups (broad SMARTS) is 1. The third kappa shape index (κ3) is 4.32. The Morgan fingerprint density at radius 1 is 0.927 bits per heavy atom. The first-order valence-electron chi connectivity index (χ1n) is 14.3. The molecular formula is C33H33Cl4N2O2+. The molecule has 41 heavy (non-hydrogen) atoms. The summed E-state index contributed by atoms with van der Waals surface area (Å²) in [4.78, 5) is 15.2. The average molecular weight is 631 g/mol. The van der Waals surface area contributed by atoms with Crippen molar-refractivity contribution in [2.75, 3.05) is 31.1 Å². The molecule has 0 bridgehead atoms. The van der Waals surface area contributed by atoms with Gasteiger partial charge in [0.1, 0.15) is 13.1 Å². The molecule has 3 aromatic carbocycles. The van der Waals surface area contributed by atoms with E-state index in [1.165, 1.54) is 22.2 Å². The molecule has 0 amide bonds. The SMILES string of the molecule is CCN1CCCc2cc3c(cc21)C(C)(C)c1cc2c(cc1=C3c1c(Cl)c(Cl)c(Cl)c(Cl)c1C(=O)O)CCC[N+]=2CC. The summed E-state index contributed by atoms with van der Waals surface area (Å²) in [6.07, 6.45) is 4.04. The number of rotatable bonds is 4. The summed E-state index contributed by atoms with van der Waals surface area (Å²) in [6.45, 7) is 12.8. The number of aryl methyl sites for hydroxylation is 2. The number of benzene rings is 3. The number of nitrogens with zero attached hydrogens (tertiary/aromatic N) is 2. The topological polar surface area (TPSA) is 43.6 Å². The Morgan fingerprint density at radius 2 is 1.63 bits per heavy atom. The lowest BCUT2D eigenvalue weighted by Gasteiger charge is -2.39. The van der Waals surface area contributed by atoms with E-state index in [2.05, 4.69) is 61.4 Å². The first-order chi connectivity index (χ1) is 19.5. The van der Waals surface area contributed by atoms with Crippen LogP contribution in [0.25, 0.3) is 5.57 Å². The van der Waals surface area contributed by atoms with Crippen LogP contribution in [0.3, 0.4) is 0 Å². The van der Waals surface area contributed by atoms with Crippen LogP contribution in [0.15, 0.2) is 24.3 Å². The summed E-state index contributed by atoms with van der Waals surface area (Å²) in [5, 5.41) is 12.7. The van der Waals surface area contributed by atoms with Crippen LogP contribution in [-0.4, -0.2) is 37.3 Å². The highest BCUT2D eigenvalue weighted by Crippen LogP contribution is 2.49. The van der Waals surface area contributed by atoms with Crippen LogP contribution in [-0.2, 0) is 18.3 Å². The van der Waals surface area contributed by atoms with Crippen LogP contribution in [0.2, 0.25) is 20.1 Å². The lowest BCUT2D eigenvalue weighted by atomic mass is 9.67. The van der Waals surface area contributed by atoms with E-state index >= 15 is 0 Å². The van der Waals surface area contributed by atoms with Gasteiger partial charge in [0, 0.05) is 47.8 Å². The number of aromatic carboxylic acids is 1. The standard InChI is InChI=1S/C33H32Cl4N2O2/c1-5-38-11-7-9-17-13-19-21(15-23(17)38)33(3,4)22-16-24-18(10-8-12-39(24)6-2)14-20(22)25(19)26-27(32(40)41)29(35)31(37)30(36)28(26)34/h13-16H,5-12H2,1-4H3/p+1. The van der Waals surface area contributed by atoms with Gasteiger partial charge in [-0.1, -0.05) is 60.3 Å². The molecular weight excluding hydrogens is 598 g/mol. The van der Waals surface area contributed by atoms with E-state index in [4.69, 9.17) is 46.4 Å². The van der Waals surface area contributed by atoms with E-state index in [0.29, 0.717) is 5.56 Å². The largest absolute Gasteiger partial charge is 0.478 e. The van der Waals surface area contributed by atoms with E-state index < -0.39 is 5.97 Å². The van der Waals surface area contributed by atoms with Gasteiger partial charge in [-0.2, -0.15) is 0 Å². The van der Waals surface area contributed by atoms with Gasteiger partial charge < -0.3 is 10.0 Å². The Kier molecular flexibility index (Phi) is 7.38. The number of anilines is 1. The molecule has 0 fully saturated rings. The van der Waals surface area contributed by atoms with Crippen molar-refractivity contribution in [1.29, 1.82) is 0 Å². The van der Waals surface area contributed by atoms with Gasteiger partial charge in [-0.25, -0.2) is 9.37 Å². The molecule has 6 rings (SSSR count). The fourth-order valence-electron chi connectivity index (χ4n) is 7.15. The van der Waals surface area contributed by atoms with E-state index in [1.807, 2.05) is 0 Å². The summed E-state index contributed by atoms with van der Waals surface area (Å²) in [7, 11) is 0. The number of fused-ring (bicyclic) bond motifs is 4. The Hall–Kier alpha value is -2.24. The lowest BCUT2D eigenvalue weighted by molar-refractivity contribution is 0.0696. The monoisotopic (exact) mass is 629 g/mol. The molecule has 2 heterocycles. The molecule has 3 aliphatic rings. The minimum atomic E-state index is -1.20. The molecule has 214 valence electrons. The third-order valence-corrected chi connectivity index (χ3v) is 11.0. The fraction of sp³-hybridized carbons (Fsp3) is 0.394. The van der Waals surface area contributed by atoms with Crippen molar-refractivity contribution in [3.8, 4) is 0 Å². The maximum absolute atomic E-state index is 12.8. The summed E-state index contributed by atoms with van der Waals surface area (Å²) in [5.41, 5.74) is 7.58. The highest BCUT2D eigenvalue weighted by Gasteiger charge is 2.39. The third-order valence-electron chi connectivity index (χ3n) is 9.25. The van der Waals surface area contributed by atoms with Crippen LogP contribution < -0.4 is 20.1 Å². The number of hydrogen-bond donors (Lipinski definition) is 1. The van der Waals surface area contributed by atoms with Crippen LogP contribution in [0.4, 0.5) is 5.69 Å². The quantitative estimate of drug-likeness (QED) is 0.190. The van der Waals surface area contributed by atoms with Crippen LogP contribution in [0.1, 0.15) is 84.3 Å². The van der Waals surface area contributed by atoms with Gasteiger partial charge in [0.05, 0.1) is 25.7 Å². The van der Waals surface area contributed by atoms with Gasteiger partial charge in [0.2, 0.25) is 5.36 Å². The van der Waals surface area contributed by atoms with Crippen LogP contribution in [0.5, 0.6) is 0 Å². The number of carbonyl (C=O) groups is 1. The summed E-state index contributed by atoms with van der Waals surface area (Å²) >= 11 is 26.6. The van der Waals surface area contributed by atoms with Crippen molar-refractivity contribution < 1.29 is 9.90 Å². The smallest absolute Gasteiger partial charge is 0.337 e. The highest BCUT2D eigenvalue weighted by molar-refractivity contribution is 6.53. The van der Waals surface area contributed by atoms with Crippen molar-refractivity contribution in [2.45, 2.75) is 58.8 Å². The predicted octanol–water partition coefficient (Wildman–Crippen LogP) is 7.11. The van der Waals surface area contributed by atoms with E-state index in [1.54, 1.807) is 0 Å². The predicted molar refractivity (Wildman–Crippen MR) is 170 cm³/mol. The molecule has 0 saturated heterocycles. The van der Waals surface area contributed by atoms with Crippen molar-refractivity contribution in [3.63, 3.8) is 0 Å². The number of halogens is 4. The summed E-state index contributed by atoms with van der Waals surface area (Å²) in [5.74, 6) is -1.20. The van der Waals surface area contributed by atoms with Crippen LogP contribution in [0, 0.1) is 0 Å². The molecule has 3 aromatic rings. The van der Waals surface area contributed by atoms with E-state index in [0.717, 1.165) is 79.3 Å². The zero-order valence-electron chi connectivity index (χ0n) is 23.7. The maximum atomic E-state index is 12.8. The molecule has 4 nitrogen and oxygen atoms in total. The molecule has 0 unspecified atom stereocenters. The Balaban J connectivity index is 1.86. The summed E-state index contributed by atoms with van der Waals surface area (Å²) in [6, 6.07) is 9.15. The zero-order chi connectivity index (χ0) is 29.4. The van der Waals surface area contributed by atoms with Crippen molar-refractivity contribution >= 4 is 63.6 Å². The Bertz CT molecular complexity index is 1780. The second-order valence-corrected chi connectivity index (χ2v) is 13.2. The Labute approximate surface area is 260 Å². The second kappa shape index (κ2) is 10.5. The van der Waals surface area contributed by atoms with Gasteiger partial charge in [-0.15, -0.1) is 0 Å². The van der Waals surface area contributed by atoms with E-state index in [9.17, 15) is 9.90 Å². The van der Waals surface area contributed by atoms with Gasteiger partial charge >= 0.3 is 5.97 Å². The first-order valence-corrected chi connectivity index (χ1v) is 15.8. The molecule has 1 aliphatic carbocycles. The first kappa shape index (κ1) is 28.9. The normalized spacial score (nSPS) is 17.1.